The molecule has 0 radical (unpaired) electrons. The molecule has 0 amide bonds. The van der Waals surface area contributed by atoms with Crippen molar-refractivity contribution in [1.82, 2.24) is 0 Å². The summed E-state index contributed by atoms with van der Waals surface area (Å²) >= 11 is 3.05. The molecule has 2 rings (SSSR count). The minimum absolute atomic E-state index is 0.0612. The summed E-state index contributed by atoms with van der Waals surface area (Å²) in [5, 5.41) is 10.3. The van der Waals surface area contributed by atoms with Gasteiger partial charge in [0.05, 0.1) is 5.56 Å². The molecule has 1 nitrogen and oxygen atoms in total. The highest BCUT2D eigenvalue weighted by molar-refractivity contribution is 9.10. The number of rotatable bonds is 2. The zero-order chi connectivity index (χ0) is 14.8. The molecule has 1 N–H and O–H groups in total. The third-order valence-electron chi connectivity index (χ3n) is 3.54. The predicted octanol–water partition coefficient (Wildman–Crippen LogP) is 5.39. The second-order valence-electron chi connectivity index (χ2n) is 5.01. The fourth-order valence-electron chi connectivity index (χ4n) is 2.50. The van der Waals surface area contributed by atoms with Crippen molar-refractivity contribution in [1.29, 1.82) is 0 Å². The topological polar surface area (TPSA) is 20.2 Å². The summed E-state index contributed by atoms with van der Waals surface area (Å²) in [5.74, 6) is 0. The van der Waals surface area contributed by atoms with Gasteiger partial charge in [0.15, 0.2) is 0 Å². The Hall–Kier alpha value is -0.810. The van der Waals surface area contributed by atoms with Crippen molar-refractivity contribution in [2.24, 2.45) is 0 Å². The van der Waals surface area contributed by atoms with E-state index in [1.54, 1.807) is 0 Å². The molecule has 20 heavy (non-hydrogen) atoms. The Morgan fingerprint density at radius 3 is 2.60 bits per heavy atom. The Kier molecular flexibility index (Phi) is 4.91. The van der Waals surface area contributed by atoms with E-state index in [0.29, 0.717) is 16.5 Å². The van der Waals surface area contributed by atoms with Crippen molar-refractivity contribution in [2.75, 3.05) is 0 Å². The summed E-state index contributed by atoms with van der Waals surface area (Å²) in [6.07, 6.45) is 0.741. The SMILES string of the molecule is OC(C1=CCCCCC1)c1ccc(Br)cc1C(F)(F)F. The van der Waals surface area contributed by atoms with Crippen LogP contribution in [0.1, 0.15) is 49.3 Å². The van der Waals surface area contributed by atoms with Gasteiger partial charge in [0.2, 0.25) is 0 Å². The molecular formula is C15H16BrF3O. The van der Waals surface area contributed by atoms with Gasteiger partial charge in [-0.15, -0.1) is 0 Å². The summed E-state index contributed by atoms with van der Waals surface area (Å²) in [4.78, 5) is 0. The van der Waals surface area contributed by atoms with Crippen LogP contribution < -0.4 is 0 Å². The molecule has 1 unspecified atom stereocenters. The second kappa shape index (κ2) is 6.31. The maximum absolute atomic E-state index is 13.1. The molecule has 0 saturated carbocycles. The van der Waals surface area contributed by atoms with Gasteiger partial charge >= 0.3 is 6.18 Å². The fourth-order valence-corrected chi connectivity index (χ4v) is 2.86. The van der Waals surface area contributed by atoms with Crippen molar-refractivity contribution in [3.63, 3.8) is 0 Å². The van der Waals surface area contributed by atoms with Crippen molar-refractivity contribution in [2.45, 2.75) is 44.4 Å². The van der Waals surface area contributed by atoms with Crippen LogP contribution in [0.2, 0.25) is 0 Å². The molecule has 5 heteroatoms. The molecule has 0 aliphatic heterocycles. The summed E-state index contributed by atoms with van der Waals surface area (Å²) in [6, 6.07) is 3.91. The lowest BCUT2D eigenvalue weighted by molar-refractivity contribution is -0.139. The van der Waals surface area contributed by atoms with Gasteiger partial charge in [-0.25, -0.2) is 0 Å². The van der Waals surface area contributed by atoms with E-state index in [-0.39, 0.29) is 5.56 Å². The van der Waals surface area contributed by atoms with Gasteiger partial charge < -0.3 is 5.11 Å². The zero-order valence-corrected chi connectivity index (χ0v) is 12.5. The van der Waals surface area contributed by atoms with Crippen molar-refractivity contribution in [3.8, 4) is 0 Å². The first-order valence-electron chi connectivity index (χ1n) is 6.63. The van der Waals surface area contributed by atoms with Crippen LogP contribution in [0.25, 0.3) is 0 Å². The molecule has 1 aromatic carbocycles. The van der Waals surface area contributed by atoms with E-state index in [1.807, 2.05) is 6.08 Å². The molecule has 0 saturated heterocycles. The van der Waals surface area contributed by atoms with E-state index in [0.717, 1.165) is 31.7 Å². The molecule has 0 fully saturated rings. The van der Waals surface area contributed by atoms with Crippen LogP contribution in [0, 0.1) is 0 Å². The summed E-state index contributed by atoms with van der Waals surface area (Å²) in [6.45, 7) is 0. The van der Waals surface area contributed by atoms with E-state index in [9.17, 15) is 18.3 Å². The van der Waals surface area contributed by atoms with Gasteiger partial charge in [-0.3, -0.25) is 0 Å². The number of hydrogen-bond donors (Lipinski definition) is 1. The molecule has 0 heterocycles. The van der Waals surface area contributed by atoms with Gasteiger partial charge in [0.25, 0.3) is 0 Å². The minimum atomic E-state index is -4.47. The molecule has 1 atom stereocenters. The normalized spacial score (nSPS) is 18.4. The Morgan fingerprint density at radius 1 is 1.15 bits per heavy atom. The summed E-state index contributed by atoms with van der Waals surface area (Å²) in [7, 11) is 0. The first kappa shape index (κ1) is 15.6. The van der Waals surface area contributed by atoms with E-state index in [1.165, 1.54) is 12.1 Å². The van der Waals surface area contributed by atoms with E-state index >= 15 is 0 Å². The number of benzene rings is 1. The van der Waals surface area contributed by atoms with Crippen LogP contribution in [0.4, 0.5) is 13.2 Å². The quantitative estimate of drug-likeness (QED) is 0.710. The van der Waals surface area contributed by atoms with Crippen LogP contribution in [0.3, 0.4) is 0 Å². The van der Waals surface area contributed by atoms with Crippen LogP contribution in [-0.2, 0) is 6.18 Å². The first-order chi connectivity index (χ1) is 9.39. The van der Waals surface area contributed by atoms with Gasteiger partial charge in [0, 0.05) is 4.47 Å². The van der Waals surface area contributed by atoms with Gasteiger partial charge in [-0.2, -0.15) is 13.2 Å². The monoisotopic (exact) mass is 348 g/mol. The highest BCUT2D eigenvalue weighted by atomic mass is 79.9. The molecule has 0 aromatic heterocycles. The van der Waals surface area contributed by atoms with Crippen LogP contribution >= 0.6 is 15.9 Å². The van der Waals surface area contributed by atoms with E-state index < -0.39 is 17.8 Å². The number of allylic oxidation sites excluding steroid dienone is 1. The van der Waals surface area contributed by atoms with E-state index in [2.05, 4.69) is 15.9 Å². The second-order valence-corrected chi connectivity index (χ2v) is 5.93. The largest absolute Gasteiger partial charge is 0.416 e. The number of hydrogen-bond acceptors (Lipinski definition) is 1. The third kappa shape index (κ3) is 3.64. The lowest BCUT2D eigenvalue weighted by atomic mass is 9.94. The van der Waals surface area contributed by atoms with Gasteiger partial charge in [-0.05, 0) is 49.0 Å². The van der Waals surface area contributed by atoms with Gasteiger partial charge in [-0.1, -0.05) is 34.5 Å². The molecule has 0 spiro atoms. The Bertz CT molecular complexity index is 508. The lowest BCUT2D eigenvalue weighted by Crippen LogP contribution is -2.13. The molecule has 1 aromatic rings. The molecule has 110 valence electrons. The zero-order valence-electron chi connectivity index (χ0n) is 10.9. The molecule has 1 aliphatic rings. The number of alkyl halides is 3. The molecular weight excluding hydrogens is 333 g/mol. The van der Waals surface area contributed by atoms with Crippen LogP contribution in [-0.4, -0.2) is 5.11 Å². The average molecular weight is 349 g/mol. The fraction of sp³-hybridized carbons (Fsp3) is 0.467. The highest BCUT2D eigenvalue weighted by Crippen LogP contribution is 2.39. The third-order valence-corrected chi connectivity index (χ3v) is 4.04. The highest BCUT2D eigenvalue weighted by Gasteiger charge is 2.35. The number of halogens is 4. The number of aliphatic hydroxyl groups is 1. The van der Waals surface area contributed by atoms with E-state index in [4.69, 9.17) is 0 Å². The maximum atomic E-state index is 13.1. The van der Waals surface area contributed by atoms with Crippen LogP contribution in [0.15, 0.2) is 34.3 Å². The van der Waals surface area contributed by atoms with Crippen molar-refractivity contribution >= 4 is 15.9 Å². The minimum Gasteiger partial charge on any atom is -0.384 e. The Morgan fingerprint density at radius 2 is 1.90 bits per heavy atom. The lowest BCUT2D eigenvalue weighted by Gasteiger charge is -2.20. The average Bonchev–Trinajstić information content (AvgIpc) is 2.65. The predicted molar refractivity (Wildman–Crippen MR) is 75.3 cm³/mol. The van der Waals surface area contributed by atoms with Gasteiger partial charge in [0.1, 0.15) is 6.10 Å². The van der Waals surface area contributed by atoms with Crippen molar-refractivity contribution in [3.05, 3.63) is 45.4 Å². The standard InChI is InChI=1S/C15H16BrF3O/c16-11-7-8-12(13(9-11)15(17,18)19)14(20)10-5-3-1-2-4-6-10/h5,7-9,14,20H,1-4,6H2. The molecule has 0 bridgehead atoms. The van der Waals surface area contributed by atoms with Crippen molar-refractivity contribution < 1.29 is 18.3 Å². The molecule has 1 aliphatic carbocycles. The summed E-state index contributed by atoms with van der Waals surface area (Å²) < 4.78 is 39.6. The van der Waals surface area contributed by atoms with Crippen LogP contribution in [0.5, 0.6) is 0 Å². The number of aliphatic hydroxyl groups excluding tert-OH is 1. The summed E-state index contributed by atoms with van der Waals surface area (Å²) in [5.41, 5.74) is -0.131. The first-order valence-corrected chi connectivity index (χ1v) is 7.42. The maximum Gasteiger partial charge on any atom is 0.416 e. The Labute approximate surface area is 124 Å². The Balaban J connectivity index is 2.38. The smallest absolute Gasteiger partial charge is 0.384 e.